The molecule has 0 spiro atoms. The second-order valence-corrected chi connectivity index (χ2v) is 7.17. The van der Waals surface area contributed by atoms with Crippen molar-refractivity contribution in [3.05, 3.63) is 83.2 Å². The first-order chi connectivity index (χ1) is 14.7. The zero-order chi connectivity index (χ0) is 21.3. The highest BCUT2D eigenvalue weighted by molar-refractivity contribution is 5.55. The minimum atomic E-state index is 0.617. The number of methoxy groups -OCH3 is 3. The van der Waals surface area contributed by atoms with E-state index >= 15 is 0 Å². The highest BCUT2D eigenvalue weighted by Gasteiger charge is 2.18. The van der Waals surface area contributed by atoms with E-state index in [4.69, 9.17) is 14.2 Å². The molecule has 3 aromatic rings. The van der Waals surface area contributed by atoms with E-state index in [1.807, 2.05) is 24.4 Å². The van der Waals surface area contributed by atoms with Crippen LogP contribution in [0.15, 0.2) is 60.9 Å². The van der Waals surface area contributed by atoms with Gasteiger partial charge in [-0.25, -0.2) is 0 Å². The second-order valence-electron chi connectivity index (χ2n) is 7.17. The number of rotatable bonds is 10. The van der Waals surface area contributed by atoms with E-state index in [1.54, 1.807) is 27.5 Å². The number of aromatic nitrogens is 1. The molecule has 0 radical (unpaired) electrons. The lowest BCUT2D eigenvalue weighted by Gasteiger charge is -2.25. The lowest BCUT2D eigenvalue weighted by atomic mass is 10.1. The van der Waals surface area contributed by atoms with Crippen molar-refractivity contribution in [2.24, 2.45) is 0 Å². The molecule has 2 aromatic carbocycles. The molecule has 0 saturated heterocycles. The Kier molecular flexibility index (Phi) is 7.69. The van der Waals surface area contributed by atoms with Gasteiger partial charge in [0.05, 0.1) is 21.3 Å². The van der Waals surface area contributed by atoms with E-state index in [0.29, 0.717) is 23.8 Å². The third kappa shape index (κ3) is 5.30. The van der Waals surface area contributed by atoms with Gasteiger partial charge >= 0.3 is 0 Å². The Labute approximate surface area is 179 Å². The third-order valence-corrected chi connectivity index (χ3v) is 5.15. The Morgan fingerprint density at radius 1 is 0.733 bits per heavy atom. The lowest BCUT2D eigenvalue weighted by molar-refractivity contribution is 0.241. The number of ether oxygens (including phenoxy) is 3. The monoisotopic (exact) mass is 406 g/mol. The van der Waals surface area contributed by atoms with Crippen molar-refractivity contribution in [3.8, 4) is 17.2 Å². The second kappa shape index (κ2) is 10.6. The fourth-order valence-electron chi connectivity index (χ4n) is 3.58. The van der Waals surface area contributed by atoms with Crippen LogP contribution in [0.1, 0.15) is 29.2 Å². The van der Waals surface area contributed by atoms with Gasteiger partial charge in [-0.2, -0.15) is 0 Å². The summed E-state index contributed by atoms with van der Waals surface area (Å²) in [4.78, 5) is 6.65. The van der Waals surface area contributed by atoms with E-state index in [-0.39, 0.29) is 0 Å². The smallest absolute Gasteiger partial charge is 0.203 e. The fraction of sp³-hybridized carbons (Fsp3) is 0.320. The van der Waals surface area contributed by atoms with Gasteiger partial charge in [-0.3, -0.25) is 9.88 Å². The van der Waals surface area contributed by atoms with E-state index < -0.39 is 0 Å². The fourth-order valence-corrected chi connectivity index (χ4v) is 3.58. The van der Waals surface area contributed by atoms with Crippen LogP contribution in [0.4, 0.5) is 0 Å². The van der Waals surface area contributed by atoms with Gasteiger partial charge in [0, 0.05) is 37.6 Å². The summed E-state index contributed by atoms with van der Waals surface area (Å²) < 4.78 is 16.7. The molecule has 0 atom stereocenters. The Balaban J connectivity index is 1.89. The molecular weight excluding hydrogens is 376 g/mol. The highest BCUT2D eigenvalue weighted by Crippen LogP contribution is 2.40. The Bertz CT molecular complexity index is 927. The van der Waals surface area contributed by atoms with Crippen molar-refractivity contribution in [1.29, 1.82) is 0 Å². The summed E-state index contributed by atoms with van der Waals surface area (Å²) in [6.45, 7) is 4.47. The molecule has 0 bridgehead atoms. The molecule has 5 heteroatoms. The Morgan fingerprint density at radius 3 is 2.03 bits per heavy atom. The zero-order valence-corrected chi connectivity index (χ0v) is 18.2. The number of pyridine rings is 1. The molecule has 0 saturated carbocycles. The van der Waals surface area contributed by atoms with Crippen molar-refractivity contribution in [2.45, 2.75) is 33.0 Å². The van der Waals surface area contributed by atoms with Crippen LogP contribution in [0.25, 0.3) is 0 Å². The maximum atomic E-state index is 5.70. The summed E-state index contributed by atoms with van der Waals surface area (Å²) in [5.74, 6) is 1.98. The zero-order valence-electron chi connectivity index (χ0n) is 18.2. The van der Waals surface area contributed by atoms with E-state index in [0.717, 1.165) is 25.1 Å². The predicted molar refractivity (Wildman–Crippen MR) is 119 cm³/mol. The summed E-state index contributed by atoms with van der Waals surface area (Å²) in [7, 11) is 4.92. The van der Waals surface area contributed by atoms with Crippen LogP contribution in [0, 0.1) is 0 Å². The SMILES string of the molecule is CCc1ccc(CN(Cc2cccnc2)Cc2ccc(OC)c(OC)c2OC)cc1. The molecule has 0 fully saturated rings. The van der Waals surface area contributed by atoms with Gasteiger partial charge in [-0.05, 0) is 35.2 Å². The van der Waals surface area contributed by atoms with Crippen LogP contribution >= 0.6 is 0 Å². The van der Waals surface area contributed by atoms with Gasteiger partial charge in [0.2, 0.25) is 5.75 Å². The first kappa shape index (κ1) is 21.7. The van der Waals surface area contributed by atoms with E-state index in [1.165, 1.54) is 16.7 Å². The molecule has 0 aliphatic carbocycles. The molecule has 5 nitrogen and oxygen atoms in total. The minimum absolute atomic E-state index is 0.617. The highest BCUT2D eigenvalue weighted by atomic mass is 16.5. The molecule has 0 aliphatic rings. The number of nitrogens with zero attached hydrogens (tertiary/aromatic N) is 2. The number of hydrogen-bond acceptors (Lipinski definition) is 5. The average molecular weight is 407 g/mol. The molecule has 0 amide bonds. The molecule has 0 N–H and O–H groups in total. The van der Waals surface area contributed by atoms with Gasteiger partial charge in [-0.1, -0.05) is 43.3 Å². The maximum Gasteiger partial charge on any atom is 0.203 e. The molecule has 30 heavy (non-hydrogen) atoms. The molecule has 1 aromatic heterocycles. The van der Waals surface area contributed by atoms with Gasteiger partial charge < -0.3 is 14.2 Å². The minimum Gasteiger partial charge on any atom is -0.493 e. The van der Waals surface area contributed by atoms with Crippen molar-refractivity contribution in [1.82, 2.24) is 9.88 Å². The normalized spacial score (nSPS) is 10.8. The number of aryl methyl sites for hydroxylation is 1. The van der Waals surface area contributed by atoms with Crippen LogP contribution < -0.4 is 14.2 Å². The standard InChI is InChI=1S/C25H30N2O3/c1-5-19-8-10-20(11-9-19)16-27(17-21-7-6-14-26-15-21)18-22-12-13-23(28-2)25(30-4)24(22)29-3/h6-15H,5,16-18H2,1-4H3. The molecule has 158 valence electrons. The van der Waals surface area contributed by atoms with Crippen molar-refractivity contribution in [2.75, 3.05) is 21.3 Å². The van der Waals surface area contributed by atoms with Crippen LogP contribution in [-0.2, 0) is 26.1 Å². The molecule has 0 unspecified atom stereocenters. The Morgan fingerprint density at radius 2 is 1.43 bits per heavy atom. The van der Waals surface area contributed by atoms with Crippen molar-refractivity contribution < 1.29 is 14.2 Å². The van der Waals surface area contributed by atoms with Gasteiger partial charge in [-0.15, -0.1) is 0 Å². The van der Waals surface area contributed by atoms with Gasteiger partial charge in [0.1, 0.15) is 0 Å². The largest absolute Gasteiger partial charge is 0.493 e. The summed E-state index contributed by atoms with van der Waals surface area (Å²) >= 11 is 0. The predicted octanol–water partition coefficient (Wildman–Crippen LogP) is 4.87. The number of hydrogen-bond donors (Lipinski definition) is 0. The summed E-state index contributed by atoms with van der Waals surface area (Å²) in [5.41, 5.74) is 4.83. The first-order valence-electron chi connectivity index (χ1n) is 10.1. The van der Waals surface area contributed by atoms with E-state index in [2.05, 4.69) is 47.1 Å². The third-order valence-electron chi connectivity index (χ3n) is 5.15. The maximum absolute atomic E-state index is 5.70. The lowest BCUT2D eigenvalue weighted by Crippen LogP contribution is -2.23. The van der Waals surface area contributed by atoms with Crippen LogP contribution in [0.2, 0.25) is 0 Å². The summed E-state index contributed by atoms with van der Waals surface area (Å²) in [6, 6.07) is 16.9. The van der Waals surface area contributed by atoms with Crippen LogP contribution in [0.3, 0.4) is 0 Å². The molecular formula is C25H30N2O3. The Hall–Kier alpha value is -3.05. The van der Waals surface area contributed by atoms with Gasteiger partial charge in [0.15, 0.2) is 11.5 Å². The topological polar surface area (TPSA) is 43.8 Å². The quantitative estimate of drug-likeness (QED) is 0.480. The van der Waals surface area contributed by atoms with E-state index in [9.17, 15) is 0 Å². The van der Waals surface area contributed by atoms with Crippen LogP contribution in [0.5, 0.6) is 17.2 Å². The van der Waals surface area contributed by atoms with Crippen molar-refractivity contribution >= 4 is 0 Å². The number of benzene rings is 2. The molecule has 0 aliphatic heterocycles. The molecule has 3 rings (SSSR count). The average Bonchev–Trinajstić information content (AvgIpc) is 2.79. The summed E-state index contributed by atoms with van der Waals surface area (Å²) in [6.07, 6.45) is 4.76. The molecule has 1 heterocycles. The van der Waals surface area contributed by atoms with Crippen LogP contribution in [-0.4, -0.2) is 31.2 Å². The van der Waals surface area contributed by atoms with Gasteiger partial charge in [0.25, 0.3) is 0 Å². The van der Waals surface area contributed by atoms with Crippen molar-refractivity contribution in [3.63, 3.8) is 0 Å². The summed E-state index contributed by atoms with van der Waals surface area (Å²) in [5, 5.41) is 0. The first-order valence-corrected chi connectivity index (χ1v) is 10.1.